The van der Waals surface area contributed by atoms with Crippen LogP contribution in [-0.2, 0) is 27.1 Å². The van der Waals surface area contributed by atoms with Gasteiger partial charge in [0.2, 0.25) is 0 Å². The molecule has 0 bridgehead atoms. The maximum Gasteiger partial charge on any atom is 0.252 e. The van der Waals surface area contributed by atoms with Crippen LogP contribution in [0.3, 0.4) is 0 Å². The fraction of sp³-hybridized carbons (Fsp3) is 0.273. The third-order valence-electron chi connectivity index (χ3n) is 19.6. The number of para-hydroxylation sites is 2. The van der Waals surface area contributed by atoms with Crippen LogP contribution in [0.15, 0.2) is 199 Å². The average molecular weight is 1070 g/mol. The first-order valence-electron chi connectivity index (χ1n) is 30.0. The predicted molar refractivity (Wildman–Crippen MR) is 350 cm³/mol. The fourth-order valence-corrected chi connectivity index (χ4v) is 14.5. The summed E-state index contributed by atoms with van der Waals surface area (Å²) in [5.41, 5.74) is 27.5. The lowest BCUT2D eigenvalue weighted by Crippen LogP contribution is -2.62. The van der Waals surface area contributed by atoms with Gasteiger partial charge in [-0.1, -0.05) is 167 Å². The molecular weight excluding hydrogens is 994 g/mol. The zero-order valence-corrected chi connectivity index (χ0v) is 50.1. The first-order chi connectivity index (χ1) is 39.1. The summed E-state index contributed by atoms with van der Waals surface area (Å²) in [6.07, 6.45) is 4.63. The number of nitrogens with zero attached hydrogens (tertiary/aromatic N) is 3. The number of fused-ring (bicyclic) bond motifs is 7. The Balaban J connectivity index is 1.05. The van der Waals surface area contributed by atoms with E-state index in [2.05, 4.69) is 280 Å². The molecule has 2 aliphatic carbocycles. The van der Waals surface area contributed by atoms with Crippen molar-refractivity contribution in [3.05, 3.63) is 228 Å². The molecule has 4 aliphatic rings. The van der Waals surface area contributed by atoms with E-state index in [1.165, 1.54) is 95.8 Å². The minimum atomic E-state index is -0.0663. The van der Waals surface area contributed by atoms with E-state index >= 15 is 0 Å². The molecule has 0 saturated heterocycles. The molecule has 4 nitrogen and oxygen atoms in total. The topological polar surface area (TPSA) is 22.9 Å². The third-order valence-corrected chi connectivity index (χ3v) is 19.6. The van der Waals surface area contributed by atoms with Gasteiger partial charge in [0.05, 0.1) is 5.69 Å². The van der Waals surface area contributed by atoms with E-state index in [1.54, 1.807) is 0 Å². The van der Waals surface area contributed by atoms with Gasteiger partial charge in [-0.25, -0.2) is 0 Å². The molecule has 0 N–H and O–H groups in total. The number of furan rings is 1. The molecule has 0 fully saturated rings. The van der Waals surface area contributed by atoms with E-state index in [0.29, 0.717) is 0 Å². The molecule has 0 unspecified atom stereocenters. The predicted octanol–water partition coefficient (Wildman–Crippen LogP) is 19.6. The van der Waals surface area contributed by atoms with Crippen LogP contribution in [0.4, 0.5) is 51.2 Å². The zero-order valence-electron chi connectivity index (χ0n) is 50.1. The highest BCUT2D eigenvalue weighted by Gasteiger charge is 2.48. The highest BCUT2D eigenvalue weighted by Crippen LogP contribution is 2.54. The summed E-state index contributed by atoms with van der Waals surface area (Å²) in [5.74, 6) is 0.863. The quantitative estimate of drug-likeness (QED) is 0.148. The van der Waals surface area contributed by atoms with Crippen molar-refractivity contribution < 1.29 is 4.42 Å². The van der Waals surface area contributed by atoms with E-state index < -0.39 is 0 Å². The van der Waals surface area contributed by atoms with Crippen molar-refractivity contribution in [2.45, 2.75) is 136 Å². The van der Waals surface area contributed by atoms with E-state index in [-0.39, 0.29) is 33.8 Å². The second-order valence-electron chi connectivity index (χ2n) is 28.0. The molecule has 0 amide bonds. The van der Waals surface area contributed by atoms with Crippen LogP contribution < -0.4 is 31.1 Å². The molecule has 14 rings (SSSR count). The van der Waals surface area contributed by atoms with Crippen molar-refractivity contribution in [2.75, 3.05) is 14.7 Å². The summed E-state index contributed by atoms with van der Waals surface area (Å²) in [5, 5.41) is 1.10. The lowest BCUT2D eigenvalue weighted by Gasteiger charge is -2.48. The van der Waals surface area contributed by atoms with Gasteiger partial charge in [0.1, 0.15) is 11.3 Å². The third kappa shape index (κ3) is 8.39. The Kier molecular flexibility index (Phi) is 11.8. The summed E-state index contributed by atoms with van der Waals surface area (Å²) < 4.78 is 6.40. The molecule has 3 heterocycles. The molecule has 5 heteroatoms. The second-order valence-corrected chi connectivity index (χ2v) is 28.0. The molecule has 0 radical (unpaired) electrons. The first kappa shape index (κ1) is 52.1. The lowest BCUT2D eigenvalue weighted by atomic mass is 9.33. The van der Waals surface area contributed by atoms with Crippen LogP contribution in [0.25, 0.3) is 33.4 Å². The van der Waals surface area contributed by atoms with Crippen LogP contribution in [0.5, 0.6) is 0 Å². The number of hydrogen-bond donors (Lipinski definition) is 0. The normalized spacial score (nSPS) is 16.9. The Morgan fingerprint density at radius 1 is 0.439 bits per heavy atom. The zero-order chi connectivity index (χ0) is 56.8. The van der Waals surface area contributed by atoms with Crippen molar-refractivity contribution >= 4 is 85.3 Å². The van der Waals surface area contributed by atoms with E-state index in [4.69, 9.17) is 4.42 Å². The van der Waals surface area contributed by atoms with Crippen molar-refractivity contribution in [1.82, 2.24) is 0 Å². The fourth-order valence-electron chi connectivity index (χ4n) is 14.5. The van der Waals surface area contributed by atoms with Crippen LogP contribution in [-0.4, -0.2) is 6.71 Å². The van der Waals surface area contributed by atoms with Gasteiger partial charge in [-0.15, -0.1) is 0 Å². The SMILES string of the molecule is Cc1cc2c3c(c1)N(c1ccc(C(C)(C)C)cc1-c1ccccc1)c1cc(N(c4ccccc4)c4ccc(-c5cc6ccccc6o5)cc4)ccc1B3c1cc3c(cc1N2c1ccc2c(c1)C(C)(C)CCC2(C)C)C(C)(C)CCC3(C)C. The van der Waals surface area contributed by atoms with E-state index in [9.17, 15) is 0 Å². The minimum absolute atomic E-state index is 0.00540. The van der Waals surface area contributed by atoms with E-state index in [0.717, 1.165) is 64.3 Å². The average Bonchev–Trinajstić information content (AvgIpc) is 1.06. The maximum absolute atomic E-state index is 6.40. The highest BCUT2D eigenvalue weighted by atomic mass is 16.3. The molecule has 0 atom stereocenters. The Labute approximate surface area is 487 Å². The number of benzene rings is 9. The van der Waals surface area contributed by atoms with Gasteiger partial charge in [0, 0.05) is 62.0 Å². The molecular formula is C77H76BN3O. The Bertz CT molecular complexity index is 4140. The summed E-state index contributed by atoms with van der Waals surface area (Å²) in [6, 6.07) is 73.8. The molecule has 408 valence electrons. The number of anilines is 9. The maximum atomic E-state index is 6.40. The van der Waals surface area contributed by atoms with Gasteiger partial charge in [0.15, 0.2) is 0 Å². The number of hydrogen-bond acceptors (Lipinski definition) is 4. The highest BCUT2D eigenvalue weighted by molar-refractivity contribution is 7.00. The van der Waals surface area contributed by atoms with E-state index in [1.807, 2.05) is 12.1 Å². The molecule has 82 heavy (non-hydrogen) atoms. The van der Waals surface area contributed by atoms with Crippen LogP contribution in [0.1, 0.15) is 135 Å². The molecule has 2 aliphatic heterocycles. The molecule has 1 aromatic heterocycles. The van der Waals surface area contributed by atoms with Crippen molar-refractivity contribution in [2.24, 2.45) is 0 Å². The minimum Gasteiger partial charge on any atom is -0.456 e. The molecule has 0 spiro atoms. The molecule has 0 saturated carbocycles. The summed E-state index contributed by atoms with van der Waals surface area (Å²) in [7, 11) is 0. The number of aryl methyl sites for hydroxylation is 1. The summed E-state index contributed by atoms with van der Waals surface area (Å²) in [6.45, 7) is 29.0. The monoisotopic (exact) mass is 1070 g/mol. The lowest BCUT2D eigenvalue weighted by molar-refractivity contribution is 0.332. The Morgan fingerprint density at radius 2 is 1.01 bits per heavy atom. The van der Waals surface area contributed by atoms with Gasteiger partial charge < -0.3 is 19.1 Å². The van der Waals surface area contributed by atoms with Gasteiger partial charge >= 0.3 is 0 Å². The Morgan fingerprint density at radius 3 is 1.68 bits per heavy atom. The summed E-state index contributed by atoms with van der Waals surface area (Å²) in [4.78, 5) is 7.77. The van der Waals surface area contributed by atoms with Crippen molar-refractivity contribution in [1.29, 1.82) is 0 Å². The summed E-state index contributed by atoms with van der Waals surface area (Å²) >= 11 is 0. The smallest absolute Gasteiger partial charge is 0.252 e. The largest absolute Gasteiger partial charge is 0.456 e. The molecule has 10 aromatic rings. The molecule has 9 aromatic carbocycles. The van der Waals surface area contributed by atoms with Crippen LogP contribution in [0.2, 0.25) is 0 Å². The first-order valence-corrected chi connectivity index (χ1v) is 30.0. The van der Waals surface area contributed by atoms with Gasteiger partial charge in [0.25, 0.3) is 6.71 Å². The second kappa shape index (κ2) is 18.5. The van der Waals surface area contributed by atoms with Crippen molar-refractivity contribution in [3.8, 4) is 22.5 Å². The standard InChI is InChI=1S/C77H76BN3O/c1-49-41-68-72-69(42-49)81(65-36-29-53(73(2,3)4)44-58(65)50-21-15-13-16-22-50)66-46-57(79(54-24-17-14-18-25-54)55-30-27-51(28-31-55)71-43-52-23-19-20-26-70(52)82-71)33-35-63(66)78(72)64-47-61-62(77(11,12)40-39-76(61,9)10)48-67(64)80(68)56-32-34-59-60(45-56)75(7,8)38-37-74(59,5)6/h13-36,41-48H,37-40H2,1-12H3. The van der Waals surface area contributed by atoms with Gasteiger partial charge in [-0.2, -0.15) is 0 Å². The van der Waals surface area contributed by atoms with Gasteiger partial charge in [-0.3, -0.25) is 0 Å². The Hall–Kier alpha value is -8.02. The number of rotatable bonds is 7. The van der Waals surface area contributed by atoms with Crippen LogP contribution >= 0.6 is 0 Å². The van der Waals surface area contributed by atoms with Crippen LogP contribution in [0, 0.1) is 6.92 Å². The van der Waals surface area contributed by atoms with Crippen molar-refractivity contribution in [3.63, 3.8) is 0 Å². The van der Waals surface area contributed by atoms with Gasteiger partial charge in [-0.05, 0) is 218 Å².